The van der Waals surface area contributed by atoms with E-state index in [2.05, 4.69) is 14.7 Å². The molecule has 1 amide bonds. The first-order chi connectivity index (χ1) is 17.1. The summed E-state index contributed by atoms with van der Waals surface area (Å²) in [5.74, 6) is -1.49. The lowest BCUT2D eigenvalue weighted by molar-refractivity contribution is -0.274. The summed E-state index contributed by atoms with van der Waals surface area (Å²) in [6.07, 6.45) is -2.35. The number of ether oxygens (including phenoxy) is 2. The van der Waals surface area contributed by atoms with Crippen molar-refractivity contribution < 1.29 is 31.8 Å². The Balaban J connectivity index is 1.41. The summed E-state index contributed by atoms with van der Waals surface area (Å²) in [7, 11) is 0. The molecule has 6 rings (SSSR count). The summed E-state index contributed by atoms with van der Waals surface area (Å²) < 4.78 is 65.0. The van der Waals surface area contributed by atoms with Gasteiger partial charge < -0.3 is 20.1 Å². The molecule has 36 heavy (non-hydrogen) atoms. The van der Waals surface area contributed by atoms with Gasteiger partial charge in [0.1, 0.15) is 22.9 Å². The molecule has 0 bridgehead atoms. The highest BCUT2D eigenvalue weighted by Crippen LogP contribution is 2.43. The molecule has 12 heteroatoms. The van der Waals surface area contributed by atoms with Gasteiger partial charge in [-0.2, -0.15) is 0 Å². The van der Waals surface area contributed by atoms with Crippen molar-refractivity contribution in [3.63, 3.8) is 0 Å². The Kier molecular flexibility index (Phi) is 4.87. The van der Waals surface area contributed by atoms with E-state index in [4.69, 9.17) is 10.5 Å². The van der Waals surface area contributed by atoms with Gasteiger partial charge >= 0.3 is 6.36 Å². The summed E-state index contributed by atoms with van der Waals surface area (Å²) >= 11 is 0. The number of nitrogens with zero attached hydrogens (tertiary/aromatic N) is 4. The lowest BCUT2D eigenvalue weighted by atomic mass is 10.0. The Hall–Kier alpha value is -3.93. The van der Waals surface area contributed by atoms with Gasteiger partial charge in [0.05, 0.1) is 47.4 Å². The highest BCUT2D eigenvalue weighted by atomic mass is 19.4. The number of imidazole rings is 1. The molecule has 3 heterocycles. The summed E-state index contributed by atoms with van der Waals surface area (Å²) in [6, 6.07) is 6.00. The molecule has 2 aliphatic rings. The number of nitrogen functional groups attached to an aromatic ring is 1. The van der Waals surface area contributed by atoms with Crippen molar-refractivity contribution in [2.75, 3.05) is 12.3 Å². The lowest BCUT2D eigenvalue weighted by Gasteiger charge is -2.41. The van der Waals surface area contributed by atoms with Crippen LogP contribution in [0.15, 0.2) is 42.9 Å². The van der Waals surface area contributed by atoms with Crippen molar-refractivity contribution in [1.29, 1.82) is 0 Å². The SMILES string of the molecule is C[C@H]1CN(C(=O)c2cc3c(cc2F)nc(N)c2cncn23)[C@H]2c3ccc(OC(F)(F)F)cc3C[C@H]2O1. The van der Waals surface area contributed by atoms with Gasteiger partial charge in [0.25, 0.3) is 5.91 Å². The molecule has 3 atom stereocenters. The van der Waals surface area contributed by atoms with Crippen LogP contribution in [0.3, 0.4) is 0 Å². The van der Waals surface area contributed by atoms with E-state index in [0.717, 1.165) is 6.07 Å². The summed E-state index contributed by atoms with van der Waals surface area (Å²) in [5, 5.41) is 0. The highest BCUT2D eigenvalue weighted by Gasteiger charge is 2.45. The second-order valence-corrected chi connectivity index (χ2v) is 8.97. The smallest absolute Gasteiger partial charge is 0.406 e. The van der Waals surface area contributed by atoms with E-state index in [1.54, 1.807) is 11.3 Å². The Morgan fingerprint density at radius 3 is 2.81 bits per heavy atom. The molecule has 2 aromatic carbocycles. The monoisotopic (exact) mass is 501 g/mol. The van der Waals surface area contributed by atoms with E-state index in [1.165, 1.54) is 41.7 Å². The van der Waals surface area contributed by atoms with Gasteiger partial charge in [-0.05, 0) is 36.2 Å². The Morgan fingerprint density at radius 2 is 2.03 bits per heavy atom. The van der Waals surface area contributed by atoms with Crippen LogP contribution in [0.1, 0.15) is 34.5 Å². The van der Waals surface area contributed by atoms with Crippen LogP contribution in [0.4, 0.5) is 23.4 Å². The maximum absolute atomic E-state index is 15.2. The quantitative estimate of drug-likeness (QED) is 0.417. The van der Waals surface area contributed by atoms with Gasteiger partial charge in [-0.25, -0.2) is 14.4 Å². The van der Waals surface area contributed by atoms with Crippen LogP contribution in [0.25, 0.3) is 16.6 Å². The molecule has 0 radical (unpaired) electrons. The number of alkyl halides is 3. The Labute approximate surface area is 201 Å². The van der Waals surface area contributed by atoms with Gasteiger partial charge in [-0.15, -0.1) is 13.2 Å². The third-order valence-corrected chi connectivity index (χ3v) is 6.59. The maximum Gasteiger partial charge on any atom is 0.573 e. The average molecular weight is 501 g/mol. The number of amides is 1. The Bertz CT molecular complexity index is 1540. The minimum absolute atomic E-state index is 0.164. The zero-order chi connectivity index (χ0) is 25.4. The van der Waals surface area contributed by atoms with E-state index in [0.29, 0.717) is 28.6 Å². The molecule has 186 valence electrons. The molecule has 1 aliphatic carbocycles. The predicted octanol–water partition coefficient (Wildman–Crippen LogP) is 4.03. The van der Waals surface area contributed by atoms with Crippen molar-refractivity contribution in [2.45, 2.75) is 38.0 Å². The minimum Gasteiger partial charge on any atom is -0.406 e. The summed E-state index contributed by atoms with van der Waals surface area (Å²) in [5.41, 5.74) is 8.25. The van der Waals surface area contributed by atoms with Crippen LogP contribution in [-0.4, -0.2) is 50.3 Å². The van der Waals surface area contributed by atoms with Gasteiger partial charge in [-0.3, -0.25) is 9.20 Å². The second-order valence-electron chi connectivity index (χ2n) is 8.97. The number of halogens is 4. The average Bonchev–Trinajstić information content (AvgIpc) is 3.41. The number of morpholine rings is 1. The maximum atomic E-state index is 15.2. The third kappa shape index (κ3) is 3.60. The molecule has 1 fully saturated rings. The molecule has 0 saturated carbocycles. The van der Waals surface area contributed by atoms with Gasteiger partial charge in [0.15, 0.2) is 0 Å². The topological polar surface area (TPSA) is 95.0 Å². The predicted molar refractivity (Wildman–Crippen MR) is 120 cm³/mol. The second kappa shape index (κ2) is 7.79. The van der Waals surface area contributed by atoms with Crippen LogP contribution >= 0.6 is 0 Å². The summed E-state index contributed by atoms with van der Waals surface area (Å²) in [4.78, 5) is 23.5. The molecule has 2 N–H and O–H groups in total. The molecule has 0 unspecified atom stereocenters. The molecule has 2 aromatic heterocycles. The first-order valence-electron chi connectivity index (χ1n) is 11.1. The molecular weight excluding hydrogens is 482 g/mol. The largest absolute Gasteiger partial charge is 0.573 e. The molecule has 0 spiro atoms. The molecule has 4 aromatic rings. The van der Waals surface area contributed by atoms with E-state index in [1.807, 2.05) is 0 Å². The number of carbonyl (C=O) groups excluding carboxylic acids is 1. The van der Waals surface area contributed by atoms with E-state index < -0.39 is 30.2 Å². The Morgan fingerprint density at radius 1 is 1.22 bits per heavy atom. The minimum atomic E-state index is -4.82. The number of benzene rings is 2. The number of carbonyl (C=O) groups is 1. The van der Waals surface area contributed by atoms with Crippen molar-refractivity contribution in [1.82, 2.24) is 19.3 Å². The molecule has 1 aliphatic heterocycles. The van der Waals surface area contributed by atoms with E-state index in [9.17, 15) is 18.0 Å². The fourth-order valence-electron chi connectivity index (χ4n) is 5.22. The lowest BCUT2D eigenvalue weighted by Crippen LogP contribution is -2.50. The fourth-order valence-corrected chi connectivity index (χ4v) is 5.22. The first kappa shape index (κ1) is 22.5. The van der Waals surface area contributed by atoms with Gasteiger partial charge in [0.2, 0.25) is 0 Å². The highest BCUT2D eigenvalue weighted by molar-refractivity contribution is 5.99. The normalized spacial score (nSPS) is 21.6. The first-order valence-corrected chi connectivity index (χ1v) is 11.1. The van der Waals surface area contributed by atoms with Crippen molar-refractivity contribution in [3.8, 4) is 5.75 Å². The fraction of sp³-hybridized carbons (Fsp3) is 0.292. The number of anilines is 1. The van der Waals surface area contributed by atoms with Crippen LogP contribution < -0.4 is 10.5 Å². The number of rotatable bonds is 2. The van der Waals surface area contributed by atoms with Crippen LogP contribution in [-0.2, 0) is 11.2 Å². The molecular formula is C24H19F4N5O3. The third-order valence-electron chi connectivity index (χ3n) is 6.59. The van der Waals surface area contributed by atoms with Crippen molar-refractivity contribution >= 4 is 28.3 Å². The van der Waals surface area contributed by atoms with E-state index in [-0.39, 0.29) is 35.3 Å². The number of nitrogens with two attached hydrogens (primary N) is 1. The number of aromatic nitrogens is 3. The standard InChI is InChI=1S/C24H19F4N5O3/c1-11-9-32(21-14-3-2-13(36-24(26,27)28)4-12(14)5-20(21)35-11)23(34)15-6-18-17(7-16(15)25)31-22(29)19-8-30-10-33(18)19/h2-4,6-8,10-11,20-21H,5,9H2,1H3,(H2,29,31)/t11-,20+,21-/m0/s1. The zero-order valence-electron chi connectivity index (χ0n) is 18.8. The number of fused-ring (bicyclic) bond motifs is 6. The van der Waals surface area contributed by atoms with Crippen LogP contribution in [0.2, 0.25) is 0 Å². The van der Waals surface area contributed by atoms with Crippen LogP contribution in [0, 0.1) is 5.82 Å². The van der Waals surface area contributed by atoms with Crippen LogP contribution in [0.5, 0.6) is 5.75 Å². The zero-order valence-corrected chi connectivity index (χ0v) is 18.8. The number of hydrogen-bond donors (Lipinski definition) is 1. The van der Waals surface area contributed by atoms with Gasteiger partial charge in [-0.1, -0.05) is 6.07 Å². The number of hydrogen-bond acceptors (Lipinski definition) is 6. The summed E-state index contributed by atoms with van der Waals surface area (Å²) in [6.45, 7) is 1.97. The van der Waals surface area contributed by atoms with E-state index >= 15 is 4.39 Å². The molecule has 8 nitrogen and oxygen atoms in total. The molecule has 1 saturated heterocycles. The van der Waals surface area contributed by atoms with Crippen molar-refractivity contribution in [2.24, 2.45) is 0 Å². The van der Waals surface area contributed by atoms with Crippen molar-refractivity contribution in [3.05, 3.63) is 65.4 Å². The van der Waals surface area contributed by atoms with Gasteiger partial charge in [0, 0.05) is 19.0 Å².